The smallest absolute Gasteiger partial charge is 0.310 e. The van der Waals surface area contributed by atoms with Crippen LogP contribution in [0.1, 0.15) is 47.8 Å². The van der Waals surface area contributed by atoms with E-state index in [1.54, 1.807) is 31.7 Å². The summed E-state index contributed by atoms with van der Waals surface area (Å²) in [6.07, 6.45) is 9.00. The number of rotatable bonds is 9. The Balaban J connectivity index is 1.63. The van der Waals surface area contributed by atoms with Crippen LogP contribution < -0.4 is 0 Å². The van der Waals surface area contributed by atoms with Crippen LogP contribution in [0.5, 0.6) is 0 Å². The number of esters is 1. The number of carbonyl (C=O) groups excluding carboxylic acids is 2. The minimum Gasteiger partial charge on any atom is -0.466 e. The summed E-state index contributed by atoms with van der Waals surface area (Å²) in [6, 6.07) is 8.19. The Morgan fingerprint density at radius 2 is 1.85 bits per heavy atom. The van der Waals surface area contributed by atoms with Crippen molar-refractivity contribution in [2.45, 2.75) is 53.1 Å². The minimum absolute atomic E-state index is 0.0984. The molecule has 0 N–H and O–H groups in total. The summed E-state index contributed by atoms with van der Waals surface area (Å²) in [5.41, 5.74) is 6.46. The Bertz CT molecular complexity index is 1170. The second-order valence-corrected chi connectivity index (χ2v) is 8.84. The number of hydrogen-bond donors (Lipinski definition) is 0. The highest BCUT2D eigenvalue weighted by Gasteiger charge is 2.34. The fourth-order valence-electron chi connectivity index (χ4n) is 3.95. The summed E-state index contributed by atoms with van der Waals surface area (Å²) in [4.78, 5) is 40.2. The van der Waals surface area contributed by atoms with Crippen molar-refractivity contribution in [3.8, 4) is 11.1 Å². The molecule has 1 fully saturated rings. The van der Waals surface area contributed by atoms with Gasteiger partial charge in [0.25, 0.3) is 0 Å². The maximum absolute atomic E-state index is 13.2. The van der Waals surface area contributed by atoms with E-state index < -0.39 is 0 Å². The van der Waals surface area contributed by atoms with Gasteiger partial charge in [0.15, 0.2) is 0 Å². The maximum Gasteiger partial charge on any atom is 0.310 e. The molecule has 1 aliphatic carbocycles. The van der Waals surface area contributed by atoms with Crippen molar-refractivity contribution in [2.75, 3.05) is 6.61 Å². The van der Waals surface area contributed by atoms with Crippen LogP contribution in [0.4, 0.5) is 0 Å². The van der Waals surface area contributed by atoms with Gasteiger partial charge in [0, 0.05) is 36.6 Å². The Hall–Kier alpha value is -3.61. The standard InChI is InChI=1S/C27H30N4O3/c1-4-34-26(32)11-20-10-22(14-28-13-20)25-8-5-18(2)9-23(25)16-31(27(33)21-6-7-21)17-24-15-29-19(3)12-30-24/h5,8-10,12-15,21H,4,6-7,11,16-17H2,1-3H3. The van der Waals surface area contributed by atoms with Gasteiger partial charge in [-0.15, -0.1) is 0 Å². The average molecular weight is 459 g/mol. The molecule has 1 saturated carbocycles. The summed E-state index contributed by atoms with van der Waals surface area (Å²) in [5.74, 6) is -0.0174. The molecular formula is C27H30N4O3. The lowest BCUT2D eigenvalue weighted by molar-refractivity contribution is -0.142. The normalized spacial score (nSPS) is 12.9. The highest BCUT2D eigenvalue weighted by molar-refractivity contribution is 5.81. The number of pyridine rings is 1. The van der Waals surface area contributed by atoms with Crippen LogP contribution in [0.15, 0.2) is 49.1 Å². The first-order valence-electron chi connectivity index (χ1n) is 11.7. The monoisotopic (exact) mass is 458 g/mol. The minimum atomic E-state index is -0.272. The lowest BCUT2D eigenvalue weighted by atomic mass is 9.97. The van der Waals surface area contributed by atoms with Crippen molar-refractivity contribution >= 4 is 11.9 Å². The molecular weight excluding hydrogens is 428 g/mol. The van der Waals surface area contributed by atoms with E-state index in [1.165, 1.54) is 0 Å². The zero-order valence-electron chi connectivity index (χ0n) is 20.0. The molecule has 0 radical (unpaired) electrons. The molecule has 176 valence electrons. The number of hydrogen-bond acceptors (Lipinski definition) is 6. The first kappa shape index (κ1) is 23.5. The van der Waals surface area contributed by atoms with Gasteiger partial charge in [0.05, 0.1) is 37.2 Å². The third kappa shape index (κ3) is 6.04. The summed E-state index contributed by atoms with van der Waals surface area (Å²) < 4.78 is 5.08. The first-order chi connectivity index (χ1) is 16.4. The Labute approximate surface area is 200 Å². The molecule has 1 aliphatic rings. The molecule has 0 aliphatic heterocycles. The Morgan fingerprint density at radius 3 is 2.56 bits per heavy atom. The number of carbonyl (C=O) groups is 2. The second kappa shape index (κ2) is 10.5. The van der Waals surface area contributed by atoms with Gasteiger partial charge < -0.3 is 9.64 Å². The van der Waals surface area contributed by atoms with Crippen LogP contribution in [-0.2, 0) is 33.8 Å². The molecule has 3 aromatic rings. The van der Waals surface area contributed by atoms with Crippen LogP contribution >= 0.6 is 0 Å². The van der Waals surface area contributed by atoms with Gasteiger partial charge in [-0.2, -0.15) is 0 Å². The summed E-state index contributed by atoms with van der Waals surface area (Å²) >= 11 is 0. The lowest BCUT2D eigenvalue weighted by Crippen LogP contribution is -2.32. The molecule has 34 heavy (non-hydrogen) atoms. The molecule has 2 heterocycles. The van der Waals surface area contributed by atoms with Gasteiger partial charge >= 0.3 is 5.97 Å². The Kier molecular flexibility index (Phi) is 7.30. The van der Waals surface area contributed by atoms with E-state index in [9.17, 15) is 9.59 Å². The predicted molar refractivity (Wildman–Crippen MR) is 128 cm³/mol. The summed E-state index contributed by atoms with van der Waals surface area (Å²) in [7, 11) is 0. The van der Waals surface area contributed by atoms with E-state index in [0.717, 1.165) is 52.0 Å². The highest BCUT2D eigenvalue weighted by Crippen LogP contribution is 2.33. The van der Waals surface area contributed by atoms with Crippen LogP contribution in [0.25, 0.3) is 11.1 Å². The van der Waals surface area contributed by atoms with Gasteiger partial charge in [-0.25, -0.2) is 0 Å². The van der Waals surface area contributed by atoms with E-state index in [-0.39, 0.29) is 24.2 Å². The summed E-state index contributed by atoms with van der Waals surface area (Å²) in [5, 5.41) is 0. The zero-order valence-corrected chi connectivity index (χ0v) is 20.0. The zero-order chi connectivity index (χ0) is 24.1. The predicted octanol–water partition coefficient (Wildman–Crippen LogP) is 4.20. The van der Waals surface area contributed by atoms with Crippen molar-refractivity contribution in [3.05, 3.63) is 77.1 Å². The summed E-state index contributed by atoms with van der Waals surface area (Å²) in [6.45, 7) is 6.96. The lowest BCUT2D eigenvalue weighted by Gasteiger charge is -2.24. The molecule has 0 atom stereocenters. The third-order valence-corrected chi connectivity index (χ3v) is 5.81. The van der Waals surface area contributed by atoms with Gasteiger partial charge in [0.2, 0.25) is 5.91 Å². The van der Waals surface area contributed by atoms with Crippen LogP contribution in [0.2, 0.25) is 0 Å². The van der Waals surface area contributed by atoms with Gasteiger partial charge in [-0.3, -0.25) is 24.5 Å². The number of nitrogens with zero attached hydrogens (tertiary/aromatic N) is 4. The maximum atomic E-state index is 13.2. The van der Waals surface area contributed by atoms with Crippen molar-refractivity contribution in [3.63, 3.8) is 0 Å². The molecule has 0 spiro atoms. The first-order valence-corrected chi connectivity index (χ1v) is 11.7. The van der Waals surface area contributed by atoms with E-state index >= 15 is 0 Å². The van der Waals surface area contributed by atoms with E-state index in [0.29, 0.717) is 19.7 Å². The van der Waals surface area contributed by atoms with Crippen molar-refractivity contribution in [1.82, 2.24) is 19.9 Å². The molecule has 0 unspecified atom stereocenters. The molecule has 1 aromatic carbocycles. The molecule has 4 rings (SSSR count). The van der Waals surface area contributed by atoms with Crippen molar-refractivity contribution in [2.24, 2.45) is 5.92 Å². The van der Waals surface area contributed by atoms with Crippen LogP contribution in [-0.4, -0.2) is 38.3 Å². The molecule has 0 bridgehead atoms. The van der Waals surface area contributed by atoms with Gasteiger partial charge in [-0.1, -0.05) is 23.8 Å². The van der Waals surface area contributed by atoms with Gasteiger partial charge in [-0.05, 0) is 56.4 Å². The molecule has 2 aromatic heterocycles. The molecule has 7 nitrogen and oxygen atoms in total. The number of ether oxygens (including phenoxy) is 1. The van der Waals surface area contributed by atoms with Crippen LogP contribution in [0, 0.1) is 19.8 Å². The van der Waals surface area contributed by atoms with Crippen LogP contribution in [0.3, 0.4) is 0 Å². The topological polar surface area (TPSA) is 85.3 Å². The Morgan fingerprint density at radius 1 is 1.03 bits per heavy atom. The fraction of sp³-hybridized carbons (Fsp3) is 0.370. The van der Waals surface area contributed by atoms with Crippen molar-refractivity contribution in [1.29, 1.82) is 0 Å². The number of amides is 1. The number of aromatic nitrogens is 3. The average Bonchev–Trinajstić information content (AvgIpc) is 3.65. The fourth-order valence-corrected chi connectivity index (χ4v) is 3.95. The second-order valence-electron chi connectivity index (χ2n) is 8.84. The van der Waals surface area contributed by atoms with Crippen molar-refractivity contribution < 1.29 is 14.3 Å². The highest BCUT2D eigenvalue weighted by atomic mass is 16.5. The van der Waals surface area contributed by atoms with E-state index in [2.05, 4.69) is 33.2 Å². The molecule has 0 saturated heterocycles. The van der Waals surface area contributed by atoms with E-state index in [4.69, 9.17) is 4.74 Å². The number of benzene rings is 1. The SMILES string of the molecule is CCOC(=O)Cc1cncc(-c2ccc(C)cc2CN(Cc2cnc(C)cn2)C(=O)C2CC2)c1. The molecule has 7 heteroatoms. The largest absolute Gasteiger partial charge is 0.466 e. The quantitative estimate of drug-likeness (QED) is 0.447. The van der Waals surface area contributed by atoms with E-state index in [1.807, 2.05) is 24.8 Å². The third-order valence-electron chi connectivity index (χ3n) is 5.81. The number of aryl methyl sites for hydroxylation is 2. The molecule has 1 amide bonds. The van der Waals surface area contributed by atoms with Gasteiger partial charge in [0.1, 0.15) is 0 Å².